The largest absolute Gasteiger partial charge is 0.310 e. The van der Waals surface area contributed by atoms with Gasteiger partial charge in [0.25, 0.3) is 5.91 Å². The summed E-state index contributed by atoms with van der Waals surface area (Å²) in [5, 5.41) is 10.3. The van der Waals surface area contributed by atoms with Crippen LogP contribution in [0, 0.1) is 0 Å². The fraction of sp³-hybridized carbons (Fsp3) is 0.0435. The number of anilines is 1. The van der Waals surface area contributed by atoms with Gasteiger partial charge in [0.15, 0.2) is 5.69 Å². The molecule has 0 saturated heterocycles. The van der Waals surface area contributed by atoms with E-state index in [-0.39, 0.29) is 16.5 Å². The summed E-state index contributed by atoms with van der Waals surface area (Å²) in [4.78, 5) is 14.6. The molecule has 0 aliphatic heterocycles. The Morgan fingerprint density at radius 3 is 2.19 bits per heavy atom. The van der Waals surface area contributed by atoms with Gasteiger partial charge in [-0.1, -0.05) is 41.9 Å². The highest BCUT2D eigenvalue weighted by Crippen LogP contribution is 2.27. The van der Waals surface area contributed by atoms with Crippen LogP contribution < -0.4 is 10.0 Å². The predicted molar refractivity (Wildman–Crippen MR) is 125 cm³/mol. The summed E-state index contributed by atoms with van der Waals surface area (Å²) in [5.74, 6) is -0.286. The third kappa shape index (κ3) is 4.43. The molecule has 0 bridgehead atoms. The van der Waals surface area contributed by atoms with Crippen LogP contribution in [0.2, 0.25) is 5.02 Å². The topological polar surface area (TPSA) is 98.3 Å². The van der Waals surface area contributed by atoms with Crippen LogP contribution in [0.1, 0.15) is 10.5 Å². The van der Waals surface area contributed by atoms with Crippen molar-refractivity contribution in [3.63, 3.8) is 0 Å². The molecule has 0 aliphatic rings. The van der Waals surface area contributed by atoms with E-state index < -0.39 is 10.0 Å². The molecule has 32 heavy (non-hydrogen) atoms. The van der Waals surface area contributed by atoms with E-state index in [2.05, 4.69) is 5.10 Å². The zero-order valence-electron chi connectivity index (χ0n) is 17.0. The molecule has 0 unspecified atom stereocenters. The molecule has 4 aromatic rings. The van der Waals surface area contributed by atoms with Gasteiger partial charge in [-0.2, -0.15) is 5.10 Å². The van der Waals surface area contributed by atoms with Crippen molar-refractivity contribution in [1.82, 2.24) is 9.78 Å². The average molecular weight is 467 g/mol. The average Bonchev–Trinajstić information content (AvgIpc) is 3.24. The number of carbonyl (C=O) groups excluding carboxylic acids is 1. The molecule has 1 heterocycles. The Hall–Kier alpha value is -3.46. The van der Waals surface area contributed by atoms with Gasteiger partial charge in [0.1, 0.15) is 0 Å². The normalized spacial score (nSPS) is 11.3. The molecule has 0 aliphatic carbocycles. The molecule has 7 nitrogen and oxygen atoms in total. The Bertz CT molecular complexity index is 1370. The van der Waals surface area contributed by atoms with Gasteiger partial charge in [0, 0.05) is 23.3 Å². The lowest BCUT2D eigenvalue weighted by molar-refractivity contribution is 0.0988. The second-order valence-corrected chi connectivity index (χ2v) is 9.07. The minimum absolute atomic E-state index is 0.0124. The number of nitrogens with two attached hydrogens (primary N) is 1. The number of sulfonamides is 1. The number of aromatic nitrogens is 2. The first-order chi connectivity index (χ1) is 15.2. The lowest BCUT2D eigenvalue weighted by Gasteiger charge is -2.15. The number of amides is 1. The van der Waals surface area contributed by atoms with Crippen molar-refractivity contribution in [3.8, 4) is 16.9 Å². The SMILES string of the molecule is CN(C(=O)c1cc(-c2ccc(Cl)cc2)n(-c2ccc(S(N)(=O)=O)cc2)n1)c1ccccc1. The van der Waals surface area contributed by atoms with Gasteiger partial charge >= 0.3 is 0 Å². The van der Waals surface area contributed by atoms with Gasteiger partial charge in [-0.25, -0.2) is 18.2 Å². The number of nitrogens with zero attached hydrogens (tertiary/aromatic N) is 3. The van der Waals surface area contributed by atoms with Crippen molar-refractivity contribution in [2.45, 2.75) is 4.90 Å². The first-order valence-corrected chi connectivity index (χ1v) is 11.5. The third-order valence-electron chi connectivity index (χ3n) is 4.93. The number of hydrogen-bond acceptors (Lipinski definition) is 4. The summed E-state index contributed by atoms with van der Waals surface area (Å²) in [5.41, 5.74) is 2.98. The Kier molecular flexibility index (Phi) is 5.84. The Morgan fingerprint density at radius 1 is 0.969 bits per heavy atom. The van der Waals surface area contributed by atoms with E-state index >= 15 is 0 Å². The van der Waals surface area contributed by atoms with Crippen molar-refractivity contribution >= 4 is 33.2 Å². The van der Waals surface area contributed by atoms with Crippen LogP contribution in [0.15, 0.2) is 89.8 Å². The zero-order chi connectivity index (χ0) is 22.9. The second kappa shape index (κ2) is 8.58. The first-order valence-electron chi connectivity index (χ1n) is 9.56. The number of rotatable bonds is 5. The monoisotopic (exact) mass is 466 g/mol. The van der Waals surface area contributed by atoms with Gasteiger partial charge < -0.3 is 4.90 Å². The van der Waals surface area contributed by atoms with Gasteiger partial charge in [-0.3, -0.25) is 4.79 Å². The number of halogens is 1. The lowest BCUT2D eigenvalue weighted by Crippen LogP contribution is -2.26. The summed E-state index contributed by atoms with van der Waals surface area (Å²) in [6.45, 7) is 0. The minimum atomic E-state index is -3.82. The summed E-state index contributed by atoms with van der Waals surface area (Å²) in [7, 11) is -2.14. The lowest BCUT2D eigenvalue weighted by atomic mass is 10.1. The zero-order valence-corrected chi connectivity index (χ0v) is 18.6. The molecule has 3 aromatic carbocycles. The molecule has 1 aromatic heterocycles. The molecular weight excluding hydrogens is 448 g/mol. The number of primary sulfonamides is 1. The number of hydrogen-bond donors (Lipinski definition) is 1. The number of benzene rings is 3. The van der Waals surface area contributed by atoms with E-state index in [9.17, 15) is 13.2 Å². The number of carbonyl (C=O) groups is 1. The fourth-order valence-electron chi connectivity index (χ4n) is 3.23. The van der Waals surface area contributed by atoms with E-state index in [1.807, 2.05) is 42.5 Å². The Morgan fingerprint density at radius 2 is 1.59 bits per heavy atom. The van der Waals surface area contributed by atoms with Crippen LogP contribution in [0.3, 0.4) is 0 Å². The van der Waals surface area contributed by atoms with Crippen LogP contribution in [-0.2, 0) is 10.0 Å². The summed E-state index contributed by atoms with van der Waals surface area (Å²) < 4.78 is 24.8. The molecular formula is C23H19ClN4O3S. The van der Waals surface area contributed by atoms with Crippen molar-refractivity contribution in [3.05, 3.63) is 95.6 Å². The van der Waals surface area contributed by atoms with Crippen molar-refractivity contribution in [2.24, 2.45) is 5.14 Å². The fourth-order valence-corrected chi connectivity index (χ4v) is 3.87. The maximum Gasteiger partial charge on any atom is 0.278 e. The number of para-hydroxylation sites is 1. The van der Waals surface area contributed by atoms with E-state index in [1.165, 1.54) is 17.0 Å². The molecule has 1 amide bonds. The molecule has 0 atom stereocenters. The van der Waals surface area contributed by atoms with Crippen molar-refractivity contribution in [1.29, 1.82) is 0 Å². The molecule has 0 saturated carbocycles. The molecule has 0 fully saturated rings. The molecule has 9 heteroatoms. The van der Waals surface area contributed by atoms with Gasteiger partial charge in [-0.05, 0) is 54.6 Å². The van der Waals surface area contributed by atoms with Crippen LogP contribution >= 0.6 is 11.6 Å². The smallest absolute Gasteiger partial charge is 0.278 e. The molecule has 4 rings (SSSR count). The quantitative estimate of drug-likeness (QED) is 0.478. The molecule has 2 N–H and O–H groups in total. The van der Waals surface area contributed by atoms with E-state index in [1.54, 1.807) is 42.1 Å². The Balaban J connectivity index is 1.80. The molecule has 162 valence electrons. The summed E-state index contributed by atoms with van der Waals surface area (Å²) in [6, 6.07) is 24.0. The highest BCUT2D eigenvalue weighted by atomic mass is 35.5. The van der Waals surface area contributed by atoms with Gasteiger partial charge in [0.2, 0.25) is 10.0 Å². The van der Waals surface area contributed by atoms with Crippen LogP contribution in [0.25, 0.3) is 16.9 Å². The maximum absolute atomic E-state index is 13.1. The summed E-state index contributed by atoms with van der Waals surface area (Å²) in [6.07, 6.45) is 0. The maximum atomic E-state index is 13.1. The standard InChI is InChI=1S/C23H19ClN4O3S/c1-27(18-5-3-2-4-6-18)23(29)21-15-22(16-7-9-17(24)10-8-16)28(26-21)19-11-13-20(14-12-19)32(25,30)31/h2-15H,1H3,(H2,25,30,31). The van der Waals surface area contributed by atoms with Gasteiger partial charge in [0.05, 0.1) is 16.3 Å². The van der Waals surface area contributed by atoms with Crippen LogP contribution in [-0.4, -0.2) is 31.2 Å². The van der Waals surface area contributed by atoms with Crippen molar-refractivity contribution in [2.75, 3.05) is 11.9 Å². The van der Waals surface area contributed by atoms with E-state index in [4.69, 9.17) is 16.7 Å². The van der Waals surface area contributed by atoms with Crippen LogP contribution in [0.5, 0.6) is 0 Å². The molecule has 0 spiro atoms. The molecule has 0 radical (unpaired) electrons. The van der Waals surface area contributed by atoms with Crippen molar-refractivity contribution < 1.29 is 13.2 Å². The van der Waals surface area contributed by atoms with Crippen LogP contribution in [0.4, 0.5) is 5.69 Å². The minimum Gasteiger partial charge on any atom is -0.310 e. The van der Waals surface area contributed by atoms with Gasteiger partial charge in [-0.15, -0.1) is 0 Å². The highest BCUT2D eigenvalue weighted by Gasteiger charge is 2.21. The highest BCUT2D eigenvalue weighted by molar-refractivity contribution is 7.89. The summed E-state index contributed by atoms with van der Waals surface area (Å²) >= 11 is 6.03. The van der Waals surface area contributed by atoms with E-state index in [0.29, 0.717) is 16.4 Å². The van der Waals surface area contributed by atoms with E-state index in [0.717, 1.165) is 11.3 Å². The Labute approximate surface area is 190 Å². The first kappa shape index (κ1) is 21.8. The third-order valence-corrected chi connectivity index (χ3v) is 6.11. The predicted octanol–water partition coefficient (Wildman–Crippen LogP) is 4.12. The second-order valence-electron chi connectivity index (χ2n) is 7.07.